The summed E-state index contributed by atoms with van der Waals surface area (Å²) >= 11 is 0. The number of carbonyl (C=O) groups is 1. The average molecular weight is 386 g/mol. The largest absolute Gasteiger partial charge is 0.368 e. The molecular formula is C19H22N4O3S. The van der Waals surface area contributed by atoms with E-state index < -0.39 is 10.0 Å². The van der Waals surface area contributed by atoms with E-state index in [0.29, 0.717) is 46.9 Å². The number of aromatic nitrogens is 2. The molecular weight excluding hydrogens is 364 g/mol. The Morgan fingerprint density at radius 2 is 1.81 bits per heavy atom. The molecule has 1 fully saturated rings. The molecule has 0 saturated carbocycles. The lowest BCUT2D eigenvalue weighted by Crippen LogP contribution is -2.30. The number of rotatable bonds is 3. The smallest absolute Gasteiger partial charge is 0.243 e. The molecule has 142 valence electrons. The number of carbonyl (C=O) groups excluding carboxylic acids is 1. The summed E-state index contributed by atoms with van der Waals surface area (Å²) < 4.78 is 27.8. The van der Waals surface area contributed by atoms with E-state index in [9.17, 15) is 13.2 Å². The highest BCUT2D eigenvalue weighted by molar-refractivity contribution is 7.89. The molecule has 2 heterocycles. The number of Topliss-reactive ketones (excluding diaryl/α,β-unsaturated/α-hetero) is 1. The normalized spacial score (nSPS) is 20.6. The first-order chi connectivity index (χ1) is 12.9. The molecule has 4 rings (SSSR count). The van der Waals surface area contributed by atoms with Gasteiger partial charge in [-0.3, -0.25) is 4.79 Å². The van der Waals surface area contributed by atoms with Gasteiger partial charge in [0.25, 0.3) is 0 Å². The maximum atomic E-state index is 13.1. The van der Waals surface area contributed by atoms with E-state index in [0.717, 1.165) is 12.8 Å². The van der Waals surface area contributed by atoms with E-state index in [2.05, 4.69) is 9.97 Å². The summed E-state index contributed by atoms with van der Waals surface area (Å²) in [6, 6.07) is 7.00. The molecule has 2 aliphatic rings. The number of nitrogens with two attached hydrogens (primary N) is 1. The van der Waals surface area contributed by atoms with Crippen molar-refractivity contribution in [1.82, 2.24) is 14.3 Å². The molecule has 27 heavy (non-hydrogen) atoms. The molecule has 0 bridgehead atoms. The highest BCUT2D eigenvalue weighted by Crippen LogP contribution is 2.37. The predicted octanol–water partition coefficient (Wildman–Crippen LogP) is 2.06. The van der Waals surface area contributed by atoms with Crippen LogP contribution in [0.2, 0.25) is 0 Å². The van der Waals surface area contributed by atoms with Gasteiger partial charge in [-0.05, 0) is 43.7 Å². The van der Waals surface area contributed by atoms with Crippen LogP contribution in [-0.4, -0.2) is 41.6 Å². The van der Waals surface area contributed by atoms with Crippen molar-refractivity contribution in [2.45, 2.75) is 43.4 Å². The minimum Gasteiger partial charge on any atom is -0.368 e. The van der Waals surface area contributed by atoms with Gasteiger partial charge in [-0.1, -0.05) is 18.2 Å². The van der Waals surface area contributed by atoms with Gasteiger partial charge in [-0.15, -0.1) is 0 Å². The lowest BCUT2D eigenvalue weighted by molar-refractivity contribution is 0.0961. The third kappa shape index (κ3) is 3.12. The number of aryl methyl sites for hydroxylation is 1. The Labute approximate surface area is 158 Å². The highest BCUT2D eigenvalue weighted by atomic mass is 32.2. The zero-order valence-electron chi connectivity index (χ0n) is 15.2. The first kappa shape index (κ1) is 18.1. The Bertz CT molecular complexity index is 1010. The molecule has 1 unspecified atom stereocenters. The van der Waals surface area contributed by atoms with Gasteiger partial charge in [0, 0.05) is 19.5 Å². The van der Waals surface area contributed by atoms with Crippen LogP contribution >= 0.6 is 0 Å². The van der Waals surface area contributed by atoms with Crippen molar-refractivity contribution in [3.05, 3.63) is 46.8 Å². The highest BCUT2D eigenvalue weighted by Gasteiger charge is 2.35. The molecule has 1 aromatic heterocycles. The third-order valence-corrected chi connectivity index (χ3v) is 7.35. The van der Waals surface area contributed by atoms with E-state index in [1.54, 1.807) is 19.1 Å². The SMILES string of the molecule is Cc1nc(N)nc2c1C(=O)CC(c1ccccc1S(=O)(=O)N1CCCC1)C2. The Hall–Kier alpha value is -2.32. The maximum Gasteiger partial charge on any atom is 0.243 e. The maximum absolute atomic E-state index is 13.1. The van der Waals surface area contributed by atoms with Crippen molar-refractivity contribution in [2.75, 3.05) is 18.8 Å². The monoisotopic (exact) mass is 386 g/mol. The van der Waals surface area contributed by atoms with Gasteiger partial charge in [0.15, 0.2) is 5.78 Å². The molecule has 2 aromatic rings. The predicted molar refractivity (Wildman–Crippen MR) is 101 cm³/mol. The van der Waals surface area contributed by atoms with Gasteiger partial charge in [0.1, 0.15) is 0 Å². The second-order valence-corrected chi connectivity index (χ2v) is 9.07. The van der Waals surface area contributed by atoms with Crippen LogP contribution in [0.15, 0.2) is 29.2 Å². The number of nitrogens with zero attached hydrogens (tertiary/aromatic N) is 3. The van der Waals surface area contributed by atoms with E-state index in [4.69, 9.17) is 5.73 Å². The first-order valence-corrected chi connectivity index (χ1v) is 10.6. The van der Waals surface area contributed by atoms with Crippen LogP contribution in [0.25, 0.3) is 0 Å². The van der Waals surface area contributed by atoms with Crippen molar-refractivity contribution in [3.8, 4) is 0 Å². The summed E-state index contributed by atoms with van der Waals surface area (Å²) in [6.07, 6.45) is 2.48. The van der Waals surface area contributed by atoms with Crippen LogP contribution in [0.5, 0.6) is 0 Å². The Morgan fingerprint density at radius 1 is 1.11 bits per heavy atom. The fourth-order valence-electron chi connectivity index (χ4n) is 4.14. The van der Waals surface area contributed by atoms with Crippen LogP contribution in [0, 0.1) is 6.92 Å². The Kier molecular flexibility index (Phi) is 4.47. The lowest BCUT2D eigenvalue weighted by atomic mass is 9.81. The Balaban J connectivity index is 1.76. The molecule has 1 aliphatic heterocycles. The van der Waals surface area contributed by atoms with Crippen molar-refractivity contribution in [3.63, 3.8) is 0 Å². The summed E-state index contributed by atoms with van der Waals surface area (Å²) in [5.41, 5.74) is 8.15. The standard InChI is InChI=1S/C19H22N4O3S/c1-12-18-15(22-19(20)21-12)10-13(11-16(18)24)14-6-2-3-7-17(14)27(25,26)23-8-4-5-9-23/h2-3,6-7,13H,4-5,8-11H2,1H3,(H2,20,21,22). The molecule has 8 heteroatoms. The summed E-state index contributed by atoms with van der Waals surface area (Å²) in [4.78, 5) is 21.4. The summed E-state index contributed by atoms with van der Waals surface area (Å²) in [7, 11) is -3.57. The van der Waals surface area contributed by atoms with Crippen LogP contribution in [0.3, 0.4) is 0 Å². The number of sulfonamides is 1. The summed E-state index contributed by atoms with van der Waals surface area (Å²) in [5.74, 6) is -0.169. The number of ketones is 1. The Morgan fingerprint density at radius 3 is 2.56 bits per heavy atom. The van der Waals surface area contributed by atoms with Gasteiger partial charge < -0.3 is 5.73 Å². The topological polar surface area (TPSA) is 106 Å². The number of fused-ring (bicyclic) bond motifs is 1. The molecule has 7 nitrogen and oxygen atoms in total. The van der Waals surface area contributed by atoms with Gasteiger partial charge in [0.05, 0.1) is 21.8 Å². The zero-order valence-corrected chi connectivity index (χ0v) is 16.0. The molecule has 1 aliphatic carbocycles. The van der Waals surface area contributed by atoms with Gasteiger partial charge in [-0.2, -0.15) is 4.31 Å². The van der Waals surface area contributed by atoms with E-state index in [-0.39, 0.29) is 24.1 Å². The lowest BCUT2D eigenvalue weighted by Gasteiger charge is -2.27. The number of hydrogen-bond acceptors (Lipinski definition) is 6. The molecule has 0 spiro atoms. The van der Waals surface area contributed by atoms with Crippen LogP contribution in [-0.2, 0) is 16.4 Å². The molecule has 1 saturated heterocycles. The quantitative estimate of drug-likeness (QED) is 0.865. The first-order valence-electron chi connectivity index (χ1n) is 9.13. The average Bonchev–Trinajstić information content (AvgIpc) is 3.16. The number of hydrogen-bond donors (Lipinski definition) is 1. The second kappa shape index (κ2) is 6.69. The minimum absolute atomic E-state index is 0.0628. The summed E-state index contributed by atoms with van der Waals surface area (Å²) in [6.45, 7) is 2.85. The minimum atomic E-state index is -3.57. The molecule has 1 aromatic carbocycles. The molecule has 2 N–H and O–H groups in total. The summed E-state index contributed by atoms with van der Waals surface area (Å²) in [5, 5.41) is 0. The second-order valence-electron chi connectivity index (χ2n) is 7.17. The fourth-order valence-corrected chi connectivity index (χ4v) is 5.94. The van der Waals surface area contributed by atoms with Crippen molar-refractivity contribution >= 4 is 21.8 Å². The van der Waals surface area contributed by atoms with E-state index >= 15 is 0 Å². The number of nitrogen functional groups attached to an aromatic ring is 1. The number of anilines is 1. The zero-order chi connectivity index (χ0) is 19.2. The molecule has 1 atom stereocenters. The number of benzene rings is 1. The third-order valence-electron chi connectivity index (χ3n) is 5.37. The van der Waals surface area contributed by atoms with Crippen LogP contribution < -0.4 is 5.73 Å². The van der Waals surface area contributed by atoms with E-state index in [1.165, 1.54) is 4.31 Å². The van der Waals surface area contributed by atoms with Crippen LogP contribution in [0.1, 0.15) is 52.5 Å². The van der Waals surface area contributed by atoms with Gasteiger partial charge in [0.2, 0.25) is 16.0 Å². The van der Waals surface area contributed by atoms with Gasteiger partial charge >= 0.3 is 0 Å². The molecule has 0 radical (unpaired) electrons. The van der Waals surface area contributed by atoms with Crippen molar-refractivity contribution in [1.29, 1.82) is 0 Å². The fraction of sp³-hybridized carbons (Fsp3) is 0.421. The molecule has 0 amide bonds. The van der Waals surface area contributed by atoms with E-state index in [1.807, 2.05) is 12.1 Å². The van der Waals surface area contributed by atoms with Gasteiger partial charge in [-0.25, -0.2) is 18.4 Å². The van der Waals surface area contributed by atoms with Crippen LogP contribution in [0.4, 0.5) is 5.95 Å². The van der Waals surface area contributed by atoms with Crippen molar-refractivity contribution in [2.24, 2.45) is 0 Å². The van der Waals surface area contributed by atoms with Crippen molar-refractivity contribution < 1.29 is 13.2 Å².